The lowest BCUT2D eigenvalue weighted by molar-refractivity contribution is -0.157. The summed E-state index contributed by atoms with van der Waals surface area (Å²) in [7, 11) is 0. The largest absolute Gasteiger partial charge is 0.508 e. The van der Waals surface area contributed by atoms with Crippen LogP contribution in [0.3, 0.4) is 0 Å². The van der Waals surface area contributed by atoms with Gasteiger partial charge in [-0.3, -0.25) is 4.79 Å². The Morgan fingerprint density at radius 1 is 1.26 bits per heavy atom. The molecule has 0 aromatic heterocycles. The van der Waals surface area contributed by atoms with E-state index >= 15 is 0 Å². The number of fused-ring (bicyclic) bond motifs is 5. The molecule has 0 saturated heterocycles. The number of ether oxygens (including phenoxy) is 1. The summed E-state index contributed by atoms with van der Waals surface area (Å²) < 4.78 is 6.00. The van der Waals surface area contributed by atoms with E-state index in [9.17, 15) is 9.90 Å². The molecule has 27 heavy (non-hydrogen) atoms. The summed E-state index contributed by atoms with van der Waals surface area (Å²) in [6.07, 6.45) is 9.46. The molecule has 0 radical (unpaired) electrons. The Balaban J connectivity index is 1.53. The van der Waals surface area contributed by atoms with Crippen LogP contribution in [0, 0.1) is 24.2 Å². The summed E-state index contributed by atoms with van der Waals surface area (Å²) in [4.78, 5) is 12.2. The number of carbonyl (C=O) groups excluding carboxylic acids is 1. The molecule has 3 aliphatic carbocycles. The zero-order valence-electron chi connectivity index (χ0n) is 17.1. The highest BCUT2D eigenvalue weighted by Crippen LogP contribution is 2.61. The molecule has 0 amide bonds. The summed E-state index contributed by atoms with van der Waals surface area (Å²) in [5, 5.41) is 10.1. The lowest BCUT2D eigenvalue weighted by atomic mass is 9.55. The number of hydrogen-bond donors (Lipinski definition) is 1. The van der Waals surface area contributed by atoms with Gasteiger partial charge in [-0.1, -0.05) is 26.3 Å². The molecule has 1 aromatic carbocycles. The number of aromatic hydroxyl groups is 1. The van der Waals surface area contributed by atoms with Crippen LogP contribution in [0.25, 0.3) is 0 Å². The van der Waals surface area contributed by atoms with Crippen LogP contribution >= 0.6 is 0 Å². The minimum atomic E-state index is 0.00550. The van der Waals surface area contributed by atoms with Gasteiger partial charge in [-0.25, -0.2) is 0 Å². The van der Waals surface area contributed by atoms with Gasteiger partial charge >= 0.3 is 5.97 Å². The number of carbonyl (C=O) groups is 1. The van der Waals surface area contributed by atoms with Crippen LogP contribution in [-0.4, -0.2) is 17.2 Å². The second-order valence-electron chi connectivity index (χ2n) is 9.46. The average Bonchev–Trinajstić information content (AvgIpc) is 2.97. The summed E-state index contributed by atoms with van der Waals surface area (Å²) >= 11 is 0. The predicted molar refractivity (Wildman–Crippen MR) is 107 cm³/mol. The van der Waals surface area contributed by atoms with Gasteiger partial charge in [0.25, 0.3) is 0 Å². The van der Waals surface area contributed by atoms with E-state index in [4.69, 9.17) is 4.74 Å². The third-order valence-corrected chi connectivity index (χ3v) is 7.96. The summed E-state index contributed by atoms with van der Waals surface area (Å²) in [5.41, 5.74) is 3.97. The second kappa shape index (κ2) is 7.14. The second-order valence-corrected chi connectivity index (χ2v) is 9.46. The topological polar surface area (TPSA) is 46.5 Å². The van der Waals surface area contributed by atoms with Gasteiger partial charge < -0.3 is 9.84 Å². The molecule has 2 fully saturated rings. The van der Waals surface area contributed by atoms with Crippen LogP contribution in [-0.2, 0) is 16.0 Å². The molecular formula is C24H34O3. The maximum absolute atomic E-state index is 12.2. The summed E-state index contributed by atoms with van der Waals surface area (Å²) in [6, 6.07) is 4.24. The van der Waals surface area contributed by atoms with E-state index < -0.39 is 0 Å². The van der Waals surface area contributed by atoms with Gasteiger partial charge in [-0.2, -0.15) is 0 Å². The highest BCUT2D eigenvalue weighted by molar-refractivity contribution is 5.69. The zero-order chi connectivity index (χ0) is 19.2. The molecule has 0 spiro atoms. The van der Waals surface area contributed by atoms with Crippen molar-refractivity contribution in [3.05, 3.63) is 28.8 Å². The van der Waals surface area contributed by atoms with Crippen molar-refractivity contribution in [3.8, 4) is 5.75 Å². The van der Waals surface area contributed by atoms with E-state index in [1.807, 2.05) is 13.0 Å². The van der Waals surface area contributed by atoms with Crippen molar-refractivity contribution in [1.82, 2.24) is 0 Å². The zero-order valence-corrected chi connectivity index (χ0v) is 17.1. The van der Waals surface area contributed by atoms with E-state index in [1.54, 1.807) is 0 Å². The van der Waals surface area contributed by atoms with Crippen molar-refractivity contribution in [2.24, 2.45) is 17.3 Å². The van der Waals surface area contributed by atoms with Crippen LogP contribution in [0.2, 0.25) is 0 Å². The molecule has 0 bridgehead atoms. The fourth-order valence-electron chi connectivity index (χ4n) is 6.41. The van der Waals surface area contributed by atoms with E-state index in [-0.39, 0.29) is 17.5 Å². The number of phenolic OH excluding ortho intramolecular Hbond substituents is 1. The Kier molecular flexibility index (Phi) is 4.98. The monoisotopic (exact) mass is 370 g/mol. The van der Waals surface area contributed by atoms with Crippen LogP contribution in [0.1, 0.15) is 87.8 Å². The molecule has 3 aliphatic rings. The number of rotatable bonds is 4. The SMILES string of the molecule is CCCCC(=O)O[C@H]1CC[C@H]2[C@@H]3CCc4cc(O)c(C)cc4[C@H]3CC[C@]12C. The van der Waals surface area contributed by atoms with Gasteiger partial charge in [0.05, 0.1) is 0 Å². The maximum Gasteiger partial charge on any atom is 0.306 e. The molecule has 148 valence electrons. The number of benzene rings is 1. The van der Waals surface area contributed by atoms with Crippen molar-refractivity contribution < 1.29 is 14.6 Å². The van der Waals surface area contributed by atoms with Gasteiger partial charge in [0.15, 0.2) is 0 Å². The Bertz CT molecular complexity index is 725. The number of unbranched alkanes of at least 4 members (excludes halogenated alkanes) is 1. The molecule has 0 heterocycles. The quantitative estimate of drug-likeness (QED) is 0.696. The number of phenols is 1. The van der Waals surface area contributed by atoms with Gasteiger partial charge in [-0.15, -0.1) is 0 Å². The van der Waals surface area contributed by atoms with Crippen LogP contribution in [0.4, 0.5) is 0 Å². The summed E-state index contributed by atoms with van der Waals surface area (Å²) in [5.74, 6) is 2.40. The molecule has 3 heteroatoms. The van der Waals surface area contributed by atoms with Gasteiger partial charge in [0.1, 0.15) is 11.9 Å². The Hall–Kier alpha value is -1.51. The molecular weight excluding hydrogens is 336 g/mol. The fourth-order valence-corrected chi connectivity index (χ4v) is 6.41. The first-order chi connectivity index (χ1) is 12.9. The highest BCUT2D eigenvalue weighted by atomic mass is 16.5. The van der Waals surface area contributed by atoms with Crippen molar-refractivity contribution in [2.75, 3.05) is 0 Å². The summed E-state index contributed by atoms with van der Waals surface area (Å²) in [6.45, 7) is 6.51. The molecule has 0 aliphatic heterocycles. The maximum atomic E-state index is 12.2. The van der Waals surface area contributed by atoms with E-state index in [0.717, 1.165) is 37.7 Å². The minimum Gasteiger partial charge on any atom is -0.508 e. The van der Waals surface area contributed by atoms with Gasteiger partial charge in [0.2, 0.25) is 0 Å². The number of esters is 1. The first kappa shape index (κ1) is 18.8. The highest BCUT2D eigenvalue weighted by Gasteiger charge is 2.56. The lowest BCUT2D eigenvalue weighted by Gasteiger charge is -2.50. The standard InChI is InChI=1S/C24H34O3/c1-4-5-6-23(26)27-22-10-9-20-18-8-7-16-14-21(25)15(2)13-19(16)17(18)11-12-24(20,22)3/h13-14,17-18,20,22,25H,4-12H2,1-3H3/t17-,18+,20-,22-,24-/m0/s1. The molecule has 4 rings (SSSR count). The molecule has 0 unspecified atom stereocenters. The lowest BCUT2D eigenvalue weighted by Crippen LogP contribution is -2.45. The Morgan fingerprint density at radius 2 is 2.07 bits per heavy atom. The average molecular weight is 371 g/mol. The van der Waals surface area contributed by atoms with Gasteiger partial charge in [0, 0.05) is 11.8 Å². The van der Waals surface area contributed by atoms with Crippen molar-refractivity contribution in [2.45, 2.75) is 90.6 Å². The first-order valence-corrected chi connectivity index (χ1v) is 11.0. The van der Waals surface area contributed by atoms with Crippen LogP contribution in [0.5, 0.6) is 5.75 Å². The normalized spacial score (nSPS) is 34.5. The third-order valence-electron chi connectivity index (χ3n) is 7.96. The van der Waals surface area contributed by atoms with E-state index in [0.29, 0.717) is 29.9 Å². The molecule has 5 atom stereocenters. The predicted octanol–water partition coefficient (Wildman–Crippen LogP) is 5.66. The van der Waals surface area contributed by atoms with Crippen molar-refractivity contribution >= 4 is 5.97 Å². The number of aryl methyl sites for hydroxylation is 2. The van der Waals surface area contributed by atoms with E-state index in [2.05, 4.69) is 19.9 Å². The smallest absolute Gasteiger partial charge is 0.306 e. The molecule has 2 saturated carbocycles. The van der Waals surface area contributed by atoms with Gasteiger partial charge in [-0.05, 0) is 92.4 Å². The molecule has 3 nitrogen and oxygen atoms in total. The van der Waals surface area contributed by atoms with Crippen molar-refractivity contribution in [3.63, 3.8) is 0 Å². The minimum absolute atomic E-state index is 0.00550. The molecule has 1 aromatic rings. The third kappa shape index (κ3) is 3.17. The number of hydrogen-bond acceptors (Lipinski definition) is 3. The Labute approximate surface area is 163 Å². The van der Waals surface area contributed by atoms with Crippen molar-refractivity contribution in [1.29, 1.82) is 0 Å². The van der Waals surface area contributed by atoms with Crippen LogP contribution < -0.4 is 0 Å². The Morgan fingerprint density at radius 3 is 2.85 bits per heavy atom. The molecule has 1 N–H and O–H groups in total. The van der Waals surface area contributed by atoms with Crippen LogP contribution in [0.15, 0.2) is 12.1 Å². The first-order valence-electron chi connectivity index (χ1n) is 11.0. The van der Waals surface area contributed by atoms with E-state index in [1.165, 1.54) is 30.4 Å². The fraction of sp³-hybridized carbons (Fsp3) is 0.708.